The van der Waals surface area contributed by atoms with Gasteiger partial charge in [-0.05, 0) is 76.8 Å². The summed E-state index contributed by atoms with van der Waals surface area (Å²) < 4.78 is 40.9. The van der Waals surface area contributed by atoms with Crippen LogP contribution in [0, 0.1) is 28.1 Å². The van der Waals surface area contributed by atoms with Gasteiger partial charge >= 0.3 is 6.18 Å². The highest BCUT2D eigenvalue weighted by molar-refractivity contribution is 6.35. The van der Waals surface area contributed by atoms with Crippen molar-refractivity contribution in [2.75, 3.05) is 17.2 Å². The van der Waals surface area contributed by atoms with Crippen LogP contribution in [0.3, 0.4) is 0 Å². The first kappa shape index (κ1) is 31.7. The predicted molar refractivity (Wildman–Crippen MR) is 163 cm³/mol. The largest absolute Gasteiger partial charge is 0.395 e. The van der Waals surface area contributed by atoms with E-state index < -0.39 is 24.2 Å². The zero-order chi connectivity index (χ0) is 31.7. The van der Waals surface area contributed by atoms with Gasteiger partial charge in [0.15, 0.2) is 0 Å². The van der Waals surface area contributed by atoms with Crippen LogP contribution in [0.2, 0.25) is 5.02 Å². The molecule has 1 aliphatic heterocycles. The number of hydrogen-bond acceptors (Lipinski definition) is 8. The van der Waals surface area contributed by atoms with Gasteiger partial charge in [-0.1, -0.05) is 24.3 Å². The highest BCUT2D eigenvalue weighted by atomic mass is 35.5. The molecule has 2 aliphatic rings. The van der Waals surface area contributed by atoms with E-state index in [2.05, 4.69) is 46.2 Å². The molecule has 1 atom stereocenters. The minimum atomic E-state index is -4.46. The number of hydrogen-bond donors (Lipinski definition) is 4. The summed E-state index contributed by atoms with van der Waals surface area (Å²) in [6, 6.07) is 7.02. The van der Waals surface area contributed by atoms with Crippen molar-refractivity contribution >= 4 is 33.9 Å². The van der Waals surface area contributed by atoms with E-state index in [1.807, 2.05) is 31.1 Å². The molecule has 0 saturated heterocycles. The Morgan fingerprint density at radius 3 is 2.58 bits per heavy atom. The highest BCUT2D eigenvalue weighted by Gasteiger charge is 2.47. The van der Waals surface area contributed by atoms with Crippen molar-refractivity contribution in [1.29, 1.82) is 10.5 Å². The summed E-state index contributed by atoms with van der Waals surface area (Å²) in [5.41, 5.74) is 7.92. The van der Waals surface area contributed by atoms with Crippen LogP contribution in [-0.4, -0.2) is 34.3 Å². The van der Waals surface area contributed by atoms with Crippen LogP contribution in [0.5, 0.6) is 0 Å². The van der Waals surface area contributed by atoms with Crippen molar-refractivity contribution in [3.63, 3.8) is 0 Å². The Balaban J connectivity index is 1.80. The predicted octanol–water partition coefficient (Wildman–Crippen LogP) is 7.23. The molecule has 43 heavy (non-hydrogen) atoms. The fourth-order valence-electron chi connectivity index (χ4n) is 4.54. The van der Waals surface area contributed by atoms with Crippen molar-refractivity contribution in [2.24, 2.45) is 5.41 Å². The van der Waals surface area contributed by atoms with Crippen molar-refractivity contribution < 1.29 is 13.2 Å². The molecular weight excluding hydrogens is 577 g/mol. The van der Waals surface area contributed by atoms with Crippen molar-refractivity contribution in [3.05, 3.63) is 76.3 Å². The van der Waals surface area contributed by atoms with E-state index >= 15 is 0 Å². The van der Waals surface area contributed by atoms with E-state index in [9.17, 15) is 23.7 Å². The Morgan fingerprint density at radius 1 is 1.30 bits per heavy atom. The van der Waals surface area contributed by atoms with E-state index in [4.69, 9.17) is 11.6 Å². The van der Waals surface area contributed by atoms with Crippen LogP contribution in [0.15, 0.2) is 65.7 Å². The Morgan fingerprint density at radius 2 is 2.00 bits per heavy atom. The number of rotatable bonds is 10. The molecule has 2 heterocycles. The average Bonchev–Trinajstić information content (AvgIpc) is 3.50. The number of nitrogens with zero attached hydrogens (tertiary/aromatic N) is 4. The molecule has 0 bridgehead atoms. The topological polar surface area (TPSA) is 112 Å². The van der Waals surface area contributed by atoms with Crippen molar-refractivity contribution in [2.45, 2.75) is 65.2 Å². The summed E-state index contributed by atoms with van der Waals surface area (Å²) in [6.45, 7) is 11.8. The van der Waals surface area contributed by atoms with Gasteiger partial charge in [-0.25, -0.2) is 0 Å². The van der Waals surface area contributed by atoms with E-state index in [0.29, 0.717) is 33.3 Å². The normalized spacial score (nSPS) is 17.5. The lowest BCUT2D eigenvalue weighted by Gasteiger charge is -2.29. The summed E-state index contributed by atoms with van der Waals surface area (Å²) in [5.74, 6) is 0. The molecule has 0 unspecified atom stereocenters. The van der Waals surface area contributed by atoms with Gasteiger partial charge in [-0.15, -0.1) is 5.53 Å². The minimum absolute atomic E-state index is 0.0231. The van der Waals surface area contributed by atoms with Gasteiger partial charge in [0.25, 0.3) is 0 Å². The van der Waals surface area contributed by atoms with Crippen LogP contribution in [-0.2, 0) is 0 Å². The molecule has 1 aliphatic carbocycles. The number of fused-ring (bicyclic) bond motifs is 1. The molecule has 1 aromatic heterocycles. The van der Waals surface area contributed by atoms with E-state index in [-0.39, 0.29) is 21.8 Å². The lowest BCUT2D eigenvalue weighted by Crippen LogP contribution is -2.44. The second-order valence-corrected chi connectivity index (χ2v) is 12.1. The van der Waals surface area contributed by atoms with Gasteiger partial charge in [0.05, 0.1) is 56.1 Å². The monoisotopic (exact) mass is 610 g/mol. The second-order valence-electron chi connectivity index (χ2n) is 11.7. The number of aromatic nitrogens is 1. The summed E-state index contributed by atoms with van der Waals surface area (Å²) in [6.07, 6.45) is 4.33. The fourth-order valence-corrected chi connectivity index (χ4v) is 4.81. The van der Waals surface area contributed by atoms with Gasteiger partial charge in [-0.3, -0.25) is 9.99 Å². The molecule has 0 radical (unpaired) electrons. The minimum Gasteiger partial charge on any atom is -0.382 e. The molecule has 4 rings (SSSR count). The smallest absolute Gasteiger partial charge is 0.382 e. The third-order valence-corrected chi connectivity index (χ3v) is 8.26. The lowest BCUT2D eigenvalue weighted by molar-refractivity contribution is -0.206. The average molecular weight is 611 g/mol. The molecule has 0 amide bonds. The third-order valence-electron chi connectivity index (χ3n) is 7.97. The van der Waals surface area contributed by atoms with Gasteiger partial charge in [-0.2, -0.15) is 23.7 Å². The number of anilines is 2. The van der Waals surface area contributed by atoms with Crippen LogP contribution in [0.25, 0.3) is 10.9 Å². The second kappa shape index (κ2) is 11.8. The van der Waals surface area contributed by atoms with Crippen LogP contribution in [0.1, 0.15) is 53.0 Å². The molecule has 4 N–H and O–H groups in total. The molecule has 1 fully saturated rings. The Bertz CT molecular complexity index is 1620. The number of nitrogens with one attached hydrogen (secondary N) is 4. The molecule has 12 heteroatoms. The lowest BCUT2D eigenvalue weighted by atomic mass is 9.92. The van der Waals surface area contributed by atoms with E-state index in [1.165, 1.54) is 6.20 Å². The quantitative estimate of drug-likeness (QED) is 0.165. The Hall–Kier alpha value is -4.19. The van der Waals surface area contributed by atoms with Gasteiger partial charge in [0.2, 0.25) is 0 Å². The maximum Gasteiger partial charge on any atom is 0.395 e. The van der Waals surface area contributed by atoms with Gasteiger partial charge < -0.3 is 16.1 Å². The standard InChI is InChI=1S/C31H34ClF3N8/c1-7-8-20(13-36)18(2)19(3)26(25-16-43(42-41-25)30(6)9-10-30)40-22-11-23-27(39-17-29(4,5)31(33,34)35)21(14-37)15-38-28(23)24(32)12-22/h7-8,11-12,15-16,26,40-42H,3,9-10,17H2,1-2,4-6H3,(H,38,39)/b8-7-,20-18+/t26-/m0/s1. The maximum atomic E-state index is 13.6. The van der Waals surface area contributed by atoms with Gasteiger partial charge in [0, 0.05) is 30.0 Å². The zero-order valence-corrected chi connectivity index (χ0v) is 25.4. The maximum absolute atomic E-state index is 13.6. The molecule has 226 valence electrons. The molecule has 1 aromatic carbocycles. The first-order chi connectivity index (χ1) is 20.2. The molecule has 0 spiro atoms. The third kappa shape index (κ3) is 6.43. The number of hydrazine groups is 2. The summed E-state index contributed by atoms with van der Waals surface area (Å²) in [5, 5.41) is 28.4. The van der Waals surface area contributed by atoms with Crippen LogP contribution < -0.4 is 21.6 Å². The fraction of sp³-hybridized carbons (Fsp3) is 0.387. The molecular formula is C31H34ClF3N8. The zero-order valence-electron chi connectivity index (χ0n) is 24.7. The molecule has 1 saturated carbocycles. The highest BCUT2D eigenvalue weighted by Crippen LogP contribution is 2.42. The van der Waals surface area contributed by atoms with Crippen LogP contribution >= 0.6 is 11.6 Å². The molecule has 2 aromatic rings. The number of alkyl halides is 3. The number of benzene rings is 1. The van der Waals surface area contributed by atoms with Crippen molar-refractivity contribution in [1.82, 2.24) is 21.0 Å². The summed E-state index contributed by atoms with van der Waals surface area (Å²) in [7, 11) is 0. The van der Waals surface area contributed by atoms with E-state index in [0.717, 1.165) is 32.4 Å². The Kier molecular flexibility index (Phi) is 8.73. The van der Waals surface area contributed by atoms with Crippen LogP contribution in [0.4, 0.5) is 24.5 Å². The first-order valence-corrected chi connectivity index (χ1v) is 14.1. The van der Waals surface area contributed by atoms with Crippen molar-refractivity contribution in [3.8, 4) is 12.1 Å². The molecule has 8 nitrogen and oxygen atoms in total. The summed E-state index contributed by atoms with van der Waals surface area (Å²) >= 11 is 6.66. The number of pyridine rings is 1. The number of nitriles is 2. The first-order valence-electron chi connectivity index (χ1n) is 13.7. The Labute approximate surface area is 254 Å². The SMILES string of the molecule is C=C(/C(C)=C(C#N)\C=C/C)[C@H](Nc1cc(Cl)c2ncc(C#N)c(NCC(C)(C)C(F)(F)F)c2c1)C1=CN(C2(C)CC2)NN1. The summed E-state index contributed by atoms with van der Waals surface area (Å²) in [4.78, 5) is 4.31. The van der Waals surface area contributed by atoms with E-state index in [1.54, 1.807) is 24.3 Å². The van der Waals surface area contributed by atoms with Gasteiger partial charge in [0.1, 0.15) is 6.07 Å². The number of allylic oxidation sites excluding steroid dienone is 3. The number of halogens is 4.